The fraction of sp³-hybridized carbons (Fsp3) is 0.143. The number of hydrogen-bond donors (Lipinski definition) is 2. The van der Waals surface area contributed by atoms with Crippen LogP contribution in [-0.2, 0) is 13.2 Å². The Morgan fingerprint density at radius 1 is 1.00 bits per heavy atom. The van der Waals surface area contributed by atoms with E-state index >= 15 is 0 Å². The van der Waals surface area contributed by atoms with Crippen molar-refractivity contribution in [1.82, 2.24) is 4.98 Å². The zero-order valence-corrected chi connectivity index (χ0v) is 14.9. The third kappa shape index (κ3) is 5.22. The number of anilines is 1. The zero-order chi connectivity index (χ0) is 19.1. The highest BCUT2D eigenvalue weighted by atomic mass is 16.5. The summed E-state index contributed by atoms with van der Waals surface area (Å²) in [5.41, 5.74) is 2.93. The molecule has 0 unspecified atom stereocenters. The predicted octanol–water partition coefficient (Wildman–Crippen LogP) is 3.98. The van der Waals surface area contributed by atoms with Crippen LogP contribution >= 0.6 is 0 Å². The molecule has 0 radical (unpaired) electrons. The molecular formula is C21H20N2O4. The molecule has 0 aliphatic carbocycles. The molecule has 3 aromatic rings. The normalized spacial score (nSPS) is 10.3. The van der Waals surface area contributed by atoms with Crippen molar-refractivity contribution in [3.05, 3.63) is 83.7 Å². The van der Waals surface area contributed by atoms with Gasteiger partial charge in [-0.05, 0) is 41.5 Å². The van der Waals surface area contributed by atoms with Gasteiger partial charge in [-0.3, -0.25) is 4.98 Å². The summed E-state index contributed by atoms with van der Waals surface area (Å²) in [5.74, 6) is 0.605. The van der Waals surface area contributed by atoms with Gasteiger partial charge in [0.15, 0.2) is 0 Å². The van der Waals surface area contributed by atoms with Crippen molar-refractivity contribution < 1.29 is 19.4 Å². The highest BCUT2D eigenvalue weighted by Crippen LogP contribution is 2.17. The zero-order valence-electron chi connectivity index (χ0n) is 14.9. The van der Waals surface area contributed by atoms with Crippen LogP contribution in [0.2, 0.25) is 0 Å². The molecule has 3 rings (SSSR count). The number of benzene rings is 2. The number of carboxylic acids is 1. The molecule has 1 heterocycles. The van der Waals surface area contributed by atoms with Gasteiger partial charge in [0, 0.05) is 18.9 Å². The number of hydrogen-bond acceptors (Lipinski definition) is 5. The number of rotatable bonds is 8. The maximum atomic E-state index is 11.0. The molecule has 138 valence electrons. The van der Waals surface area contributed by atoms with Gasteiger partial charge in [-0.15, -0.1) is 0 Å². The Labute approximate surface area is 157 Å². The van der Waals surface area contributed by atoms with Crippen molar-refractivity contribution in [1.29, 1.82) is 0 Å². The van der Waals surface area contributed by atoms with Gasteiger partial charge in [0.2, 0.25) is 0 Å². The molecule has 0 aliphatic rings. The maximum Gasteiger partial charge on any atom is 0.337 e. The van der Waals surface area contributed by atoms with E-state index in [-0.39, 0.29) is 5.56 Å². The van der Waals surface area contributed by atoms with Crippen LogP contribution < -0.4 is 14.8 Å². The Hall–Kier alpha value is -3.54. The molecule has 0 aliphatic heterocycles. The van der Waals surface area contributed by atoms with Gasteiger partial charge in [-0.25, -0.2) is 4.79 Å². The molecule has 0 saturated heterocycles. The first-order chi connectivity index (χ1) is 13.1. The monoisotopic (exact) mass is 364 g/mol. The number of nitrogens with zero attached hydrogens (tertiary/aromatic N) is 1. The minimum Gasteiger partial charge on any atom is -0.497 e. The number of pyridine rings is 1. The van der Waals surface area contributed by atoms with E-state index in [2.05, 4.69) is 10.3 Å². The SMILES string of the molecule is COc1ccc(COc2ccc(CNc3cncc(C(=O)O)c3)cc2)cc1. The molecule has 27 heavy (non-hydrogen) atoms. The fourth-order valence-electron chi connectivity index (χ4n) is 2.45. The third-order valence-electron chi connectivity index (χ3n) is 3.97. The number of aromatic nitrogens is 1. The molecule has 2 aromatic carbocycles. The van der Waals surface area contributed by atoms with Crippen molar-refractivity contribution in [2.75, 3.05) is 12.4 Å². The number of carboxylic acid groups (broad SMARTS) is 1. The Kier molecular flexibility index (Phi) is 5.89. The lowest BCUT2D eigenvalue weighted by Crippen LogP contribution is -2.03. The van der Waals surface area contributed by atoms with E-state index in [1.807, 2.05) is 48.5 Å². The molecule has 0 fully saturated rings. The van der Waals surface area contributed by atoms with Crippen molar-refractivity contribution in [2.24, 2.45) is 0 Å². The first kappa shape index (κ1) is 18.3. The summed E-state index contributed by atoms with van der Waals surface area (Å²) in [6.45, 7) is 1.04. The van der Waals surface area contributed by atoms with Gasteiger partial charge in [0.05, 0.1) is 18.4 Å². The lowest BCUT2D eigenvalue weighted by atomic mass is 10.2. The van der Waals surface area contributed by atoms with Crippen LogP contribution in [0.1, 0.15) is 21.5 Å². The second-order valence-corrected chi connectivity index (χ2v) is 5.90. The third-order valence-corrected chi connectivity index (χ3v) is 3.97. The largest absolute Gasteiger partial charge is 0.497 e. The topological polar surface area (TPSA) is 80.7 Å². The summed E-state index contributed by atoms with van der Waals surface area (Å²) < 4.78 is 10.9. The fourth-order valence-corrected chi connectivity index (χ4v) is 2.45. The molecule has 0 saturated carbocycles. The standard InChI is InChI=1S/C21H20N2O4/c1-26-19-6-4-16(5-7-19)14-27-20-8-2-15(3-9-20)11-23-18-10-17(21(24)25)12-22-13-18/h2-10,12-13,23H,11,14H2,1H3,(H,24,25). The Morgan fingerprint density at radius 2 is 1.67 bits per heavy atom. The van der Waals surface area contributed by atoms with Crippen LogP contribution in [-0.4, -0.2) is 23.2 Å². The summed E-state index contributed by atoms with van der Waals surface area (Å²) in [5, 5.41) is 12.2. The maximum absolute atomic E-state index is 11.0. The Balaban J connectivity index is 1.52. The molecular weight excluding hydrogens is 344 g/mol. The van der Waals surface area contributed by atoms with Crippen LogP contribution in [0.3, 0.4) is 0 Å². The molecule has 0 spiro atoms. The van der Waals surface area contributed by atoms with Gasteiger partial charge in [-0.2, -0.15) is 0 Å². The van der Waals surface area contributed by atoms with Gasteiger partial charge in [0.25, 0.3) is 0 Å². The van der Waals surface area contributed by atoms with Crippen molar-refractivity contribution in [2.45, 2.75) is 13.2 Å². The second-order valence-electron chi connectivity index (χ2n) is 5.90. The molecule has 1 aromatic heterocycles. The number of methoxy groups -OCH3 is 1. The van der Waals surface area contributed by atoms with Crippen molar-refractivity contribution >= 4 is 11.7 Å². The number of nitrogens with one attached hydrogen (secondary N) is 1. The van der Waals surface area contributed by atoms with E-state index in [1.54, 1.807) is 19.4 Å². The molecule has 0 bridgehead atoms. The quantitative estimate of drug-likeness (QED) is 0.629. The first-order valence-corrected chi connectivity index (χ1v) is 8.41. The average Bonchev–Trinajstić information content (AvgIpc) is 2.72. The number of aromatic carboxylic acids is 1. The van der Waals surface area contributed by atoms with Crippen LogP contribution in [0.5, 0.6) is 11.5 Å². The lowest BCUT2D eigenvalue weighted by Gasteiger charge is -2.09. The van der Waals surface area contributed by atoms with E-state index in [1.165, 1.54) is 6.20 Å². The number of ether oxygens (including phenoxy) is 2. The smallest absolute Gasteiger partial charge is 0.337 e. The van der Waals surface area contributed by atoms with Gasteiger partial charge >= 0.3 is 5.97 Å². The summed E-state index contributed by atoms with van der Waals surface area (Å²) in [7, 11) is 1.64. The average molecular weight is 364 g/mol. The molecule has 6 nitrogen and oxygen atoms in total. The summed E-state index contributed by atoms with van der Waals surface area (Å²) in [4.78, 5) is 14.9. The van der Waals surface area contributed by atoms with E-state index in [0.29, 0.717) is 18.8 Å². The van der Waals surface area contributed by atoms with Crippen molar-refractivity contribution in [3.8, 4) is 11.5 Å². The highest BCUT2D eigenvalue weighted by Gasteiger charge is 2.04. The minimum atomic E-state index is -0.996. The van der Waals surface area contributed by atoms with Crippen LogP contribution in [0.4, 0.5) is 5.69 Å². The summed E-state index contributed by atoms with van der Waals surface area (Å²) in [6, 6.07) is 17.0. The molecule has 6 heteroatoms. The van der Waals surface area contributed by atoms with E-state index in [4.69, 9.17) is 14.6 Å². The van der Waals surface area contributed by atoms with Crippen LogP contribution in [0.15, 0.2) is 67.0 Å². The van der Waals surface area contributed by atoms with Gasteiger partial charge in [0.1, 0.15) is 18.1 Å². The van der Waals surface area contributed by atoms with Crippen LogP contribution in [0, 0.1) is 0 Å². The van der Waals surface area contributed by atoms with E-state index in [9.17, 15) is 4.79 Å². The molecule has 0 atom stereocenters. The highest BCUT2D eigenvalue weighted by molar-refractivity contribution is 5.88. The molecule has 2 N–H and O–H groups in total. The lowest BCUT2D eigenvalue weighted by molar-refractivity contribution is 0.0696. The van der Waals surface area contributed by atoms with Gasteiger partial charge in [-0.1, -0.05) is 24.3 Å². The Morgan fingerprint density at radius 3 is 2.33 bits per heavy atom. The summed E-state index contributed by atoms with van der Waals surface area (Å²) in [6.07, 6.45) is 2.92. The minimum absolute atomic E-state index is 0.155. The predicted molar refractivity (Wildman–Crippen MR) is 102 cm³/mol. The first-order valence-electron chi connectivity index (χ1n) is 8.41. The number of carbonyl (C=O) groups is 1. The van der Waals surface area contributed by atoms with Crippen molar-refractivity contribution in [3.63, 3.8) is 0 Å². The molecule has 0 amide bonds. The van der Waals surface area contributed by atoms with E-state index in [0.717, 1.165) is 22.6 Å². The Bertz CT molecular complexity index is 893. The second kappa shape index (κ2) is 8.71. The summed E-state index contributed by atoms with van der Waals surface area (Å²) >= 11 is 0. The van der Waals surface area contributed by atoms with E-state index < -0.39 is 5.97 Å². The van der Waals surface area contributed by atoms with Gasteiger partial charge < -0.3 is 19.9 Å². The van der Waals surface area contributed by atoms with Crippen LogP contribution in [0.25, 0.3) is 0 Å².